The first-order valence-corrected chi connectivity index (χ1v) is 3.98. The molecular formula is C9H9FN2O. The third-order valence-corrected chi connectivity index (χ3v) is 2.12. The highest BCUT2D eigenvalue weighted by atomic mass is 19.1. The fraction of sp³-hybridized carbons (Fsp3) is 0.222. The van der Waals surface area contributed by atoms with Crippen molar-refractivity contribution in [1.29, 1.82) is 0 Å². The first kappa shape index (κ1) is 8.04. The van der Waals surface area contributed by atoms with E-state index in [4.69, 9.17) is 5.73 Å². The van der Waals surface area contributed by atoms with Crippen molar-refractivity contribution < 1.29 is 9.18 Å². The molecule has 0 fully saturated rings. The summed E-state index contributed by atoms with van der Waals surface area (Å²) >= 11 is 0. The molecule has 1 aliphatic rings. The van der Waals surface area contributed by atoms with Crippen LogP contribution in [0.1, 0.15) is 11.1 Å². The summed E-state index contributed by atoms with van der Waals surface area (Å²) < 4.78 is 12.5. The SMILES string of the molecule is Nc1cc(CF)c2c(c1)NC(=O)C2. The van der Waals surface area contributed by atoms with Crippen LogP contribution in [0.2, 0.25) is 0 Å². The highest BCUT2D eigenvalue weighted by Crippen LogP contribution is 2.29. The van der Waals surface area contributed by atoms with Gasteiger partial charge in [0.1, 0.15) is 6.67 Å². The van der Waals surface area contributed by atoms with Crippen LogP contribution in [0.5, 0.6) is 0 Å². The number of hydrogen-bond acceptors (Lipinski definition) is 2. The van der Waals surface area contributed by atoms with E-state index in [-0.39, 0.29) is 12.3 Å². The van der Waals surface area contributed by atoms with Gasteiger partial charge in [0.15, 0.2) is 0 Å². The van der Waals surface area contributed by atoms with Crippen molar-refractivity contribution in [2.24, 2.45) is 0 Å². The molecular weight excluding hydrogens is 171 g/mol. The van der Waals surface area contributed by atoms with Gasteiger partial charge in [0.05, 0.1) is 6.42 Å². The van der Waals surface area contributed by atoms with Crippen LogP contribution < -0.4 is 11.1 Å². The van der Waals surface area contributed by atoms with E-state index in [9.17, 15) is 9.18 Å². The standard InChI is InChI=1S/C9H9FN2O/c10-4-5-1-6(11)2-8-7(5)3-9(13)12-8/h1-2H,3-4,11H2,(H,12,13). The third-order valence-electron chi connectivity index (χ3n) is 2.12. The van der Waals surface area contributed by atoms with Crippen molar-refractivity contribution in [3.63, 3.8) is 0 Å². The monoisotopic (exact) mass is 180 g/mol. The molecule has 0 aliphatic carbocycles. The number of anilines is 2. The molecule has 1 aliphatic heterocycles. The summed E-state index contributed by atoms with van der Waals surface area (Å²) in [6, 6.07) is 3.22. The van der Waals surface area contributed by atoms with Crippen LogP contribution in [0, 0.1) is 0 Å². The number of nitrogens with two attached hydrogens (primary N) is 1. The van der Waals surface area contributed by atoms with Crippen molar-refractivity contribution >= 4 is 17.3 Å². The van der Waals surface area contributed by atoms with E-state index in [0.29, 0.717) is 16.9 Å². The molecule has 0 unspecified atom stereocenters. The van der Waals surface area contributed by atoms with Crippen LogP contribution in [0.25, 0.3) is 0 Å². The molecule has 0 spiro atoms. The Hall–Kier alpha value is -1.58. The topological polar surface area (TPSA) is 55.1 Å². The maximum absolute atomic E-state index is 12.5. The molecule has 4 heteroatoms. The van der Waals surface area contributed by atoms with E-state index in [1.165, 1.54) is 0 Å². The number of hydrogen-bond donors (Lipinski definition) is 2. The van der Waals surface area contributed by atoms with Crippen LogP contribution in [-0.4, -0.2) is 5.91 Å². The molecule has 3 N–H and O–H groups in total. The summed E-state index contributed by atoms with van der Waals surface area (Å²) in [5, 5.41) is 2.63. The molecule has 1 aromatic rings. The van der Waals surface area contributed by atoms with Gasteiger partial charge >= 0.3 is 0 Å². The summed E-state index contributed by atoms with van der Waals surface area (Å²) in [5.41, 5.74) is 7.91. The van der Waals surface area contributed by atoms with Gasteiger partial charge in [-0.15, -0.1) is 0 Å². The van der Waals surface area contributed by atoms with Gasteiger partial charge in [-0.3, -0.25) is 4.79 Å². The fourth-order valence-electron chi connectivity index (χ4n) is 1.55. The highest BCUT2D eigenvalue weighted by molar-refractivity contribution is 6.00. The maximum Gasteiger partial charge on any atom is 0.228 e. The molecule has 1 heterocycles. The summed E-state index contributed by atoms with van der Waals surface area (Å²) in [5.74, 6) is -0.102. The number of halogens is 1. The van der Waals surface area contributed by atoms with Crippen molar-refractivity contribution in [2.45, 2.75) is 13.1 Å². The minimum absolute atomic E-state index is 0.102. The summed E-state index contributed by atoms with van der Waals surface area (Å²) in [6.07, 6.45) is 0.259. The smallest absolute Gasteiger partial charge is 0.228 e. The van der Waals surface area contributed by atoms with E-state index in [1.54, 1.807) is 12.1 Å². The average molecular weight is 180 g/mol. The Morgan fingerprint density at radius 3 is 3.00 bits per heavy atom. The van der Waals surface area contributed by atoms with Gasteiger partial charge in [0, 0.05) is 11.4 Å². The molecule has 0 saturated carbocycles. The molecule has 13 heavy (non-hydrogen) atoms. The molecule has 0 aromatic heterocycles. The second-order valence-corrected chi connectivity index (χ2v) is 3.06. The van der Waals surface area contributed by atoms with Gasteiger partial charge in [-0.1, -0.05) is 0 Å². The van der Waals surface area contributed by atoms with Crippen molar-refractivity contribution in [3.05, 3.63) is 23.3 Å². The van der Waals surface area contributed by atoms with E-state index in [1.807, 2.05) is 0 Å². The zero-order valence-corrected chi connectivity index (χ0v) is 6.93. The Kier molecular flexibility index (Phi) is 1.69. The van der Waals surface area contributed by atoms with E-state index < -0.39 is 6.67 Å². The lowest BCUT2D eigenvalue weighted by Crippen LogP contribution is -2.03. The van der Waals surface area contributed by atoms with Crippen LogP contribution >= 0.6 is 0 Å². The zero-order chi connectivity index (χ0) is 9.42. The van der Waals surface area contributed by atoms with Gasteiger partial charge in [-0.25, -0.2) is 4.39 Å². The molecule has 0 radical (unpaired) electrons. The lowest BCUT2D eigenvalue weighted by molar-refractivity contribution is -0.115. The normalized spacial score (nSPS) is 14.1. The molecule has 2 rings (SSSR count). The molecule has 68 valence electrons. The number of nitrogens with one attached hydrogen (secondary N) is 1. The first-order chi connectivity index (χ1) is 6.20. The fourth-order valence-corrected chi connectivity index (χ4v) is 1.55. The first-order valence-electron chi connectivity index (χ1n) is 3.98. The largest absolute Gasteiger partial charge is 0.399 e. The quantitative estimate of drug-likeness (QED) is 0.639. The number of fused-ring (bicyclic) bond motifs is 1. The Bertz CT molecular complexity index is 376. The maximum atomic E-state index is 12.5. The van der Waals surface area contributed by atoms with Crippen molar-refractivity contribution in [1.82, 2.24) is 0 Å². The van der Waals surface area contributed by atoms with Gasteiger partial charge < -0.3 is 11.1 Å². The van der Waals surface area contributed by atoms with Gasteiger partial charge in [0.25, 0.3) is 0 Å². The third kappa shape index (κ3) is 1.24. The Morgan fingerprint density at radius 1 is 1.54 bits per heavy atom. The molecule has 1 amide bonds. The number of amides is 1. The molecule has 0 bridgehead atoms. The summed E-state index contributed by atoms with van der Waals surface area (Å²) in [7, 11) is 0. The second kappa shape index (κ2) is 2.73. The number of benzene rings is 1. The van der Waals surface area contributed by atoms with E-state index in [0.717, 1.165) is 5.56 Å². The van der Waals surface area contributed by atoms with Crippen molar-refractivity contribution in [3.8, 4) is 0 Å². The number of alkyl halides is 1. The number of nitrogen functional groups attached to an aromatic ring is 1. The number of carbonyl (C=O) groups is 1. The molecule has 1 aromatic carbocycles. The summed E-state index contributed by atoms with van der Waals surface area (Å²) in [6.45, 7) is -0.581. The molecule has 3 nitrogen and oxygen atoms in total. The minimum atomic E-state index is -0.581. The molecule has 0 saturated heterocycles. The Labute approximate surface area is 74.7 Å². The Balaban J connectivity index is 2.56. The van der Waals surface area contributed by atoms with Gasteiger partial charge in [-0.2, -0.15) is 0 Å². The van der Waals surface area contributed by atoms with Gasteiger partial charge in [0.2, 0.25) is 5.91 Å². The number of rotatable bonds is 1. The average Bonchev–Trinajstić information content (AvgIpc) is 2.43. The predicted octanol–water partition coefficient (Wildman–Crippen LogP) is 1.23. The Morgan fingerprint density at radius 2 is 2.31 bits per heavy atom. The predicted molar refractivity (Wildman–Crippen MR) is 48.0 cm³/mol. The number of carbonyl (C=O) groups excluding carboxylic acids is 1. The van der Waals surface area contributed by atoms with Crippen LogP contribution in [0.15, 0.2) is 12.1 Å². The second-order valence-electron chi connectivity index (χ2n) is 3.06. The van der Waals surface area contributed by atoms with Crippen LogP contribution in [0.3, 0.4) is 0 Å². The van der Waals surface area contributed by atoms with E-state index in [2.05, 4.69) is 5.32 Å². The minimum Gasteiger partial charge on any atom is -0.399 e. The van der Waals surface area contributed by atoms with Crippen LogP contribution in [0.4, 0.5) is 15.8 Å². The summed E-state index contributed by atoms with van der Waals surface area (Å²) in [4.78, 5) is 11.0. The lowest BCUT2D eigenvalue weighted by atomic mass is 10.1. The van der Waals surface area contributed by atoms with E-state index >= 15 is 0 Å². The van der Waals surface area contributed by atoms with Crippen LogP contribution in [-0.2, 0) is 17.9 Å². The van der Waals surface area contributed by atoms with Crippen molar-refractivity contribution in [2.75, 3.05) is 11.1 Å². The molecule has 0 atom stereocenters. The zero-order valence-electron chi connectivity index (χ0n) is 6.93. The van der Waals surface area contributed by atoms with Gasteiger partial charge in [-0.05, 0) is 23.3 Å². The lowest BCUT2D eigenvalue weighted by Gasteiger charge is -2.04. The highest BCUT2D eigenvalue weighted by Gasteiger charge is 2.20.